The zero-order valence-corrected chi connectivity index (χ0v) is 14.0. The van der Waals surface area contributed by atoms with E-state index in [1.54, 1.807) is 12.1 Å². The number of benzene rings is 1. The number of aliphatic imine (C=N–C) groups is 1. The highest BCUT2D eigenvalue weighted by atomic mass is 79.9. The molecular formula is C15H17BrN4O3. The first-order chi connectivity index (χ1) is 11.1. The van der Waals surface area contributed by atoms with Crippen LogP contribution in [-0.4, -0.2) is 55.0 Å². The Kier molecular flexibility index (Phi) is 4.92. The molecule has 122 valence electrons. The van der Waals surface area contributed by atoms with E-state index in [-0.39, 0.29) is 18.2 Å². The van der Waals surface area contributed by atoms with E-state index in [9.17, 15) is 9.59 Å². The average molecular weight is 381 g/mol. The molecule has 2 heterocycles. The average Bonchev–Trinajstić information content (AvgIpc) is 2.57. The standard InChI is InChI=1S/C15H17BrN4O3/c16-10-1-3-11(4-2-10)17-14(22)12-9-13(21)19-15(18-12)20-5-7-23-8-6-20/h1-4,12H,5-9H2,(H,17,22)(H,18,19,21)/t12-/m1/s1. The number of halogens is 1. The van der Waals surface area contributed by atoms with E-state index in [0.29, 0.717) is 38.0 Å². The lowest BCUT2D eigenvalue weighted by atomic mass is 10.1. The van der Waals surface area contributed by atoms with Crippen LogP contribution >= 0.6 is 15.9 Å². The van der Waals surface area contributed by atoms with E-state index in [0.717, 1.165) is 4.47 Å². The van der Waals surface area contributed by atoms with Gasteiger partial charge >= 0.3 is 0 Å². The van der Waals surface area contributed by atoms with Gasteiger partial charge in [0, 0.05) is 23.2 Å². The van der Waals surface area contributed by atoms with Gasteiger partial charge in [0.1, 0.15) is 6.04 Å². The maximum atomic E-state index is 12.4. The first-order valence-electron chi connectivity index (χ1n) is 7.38. The molecule has 7 nitrogen and oxygen atoms in total. The number of guanidine groups is 1. The molecule has 0 spiro atoms. The Balaban J connectivity index is 1.70. The number of anilines is 1. The van der Waals surface area contributed by atoms with Crippen LogP contribution in [0.5, 0.6) is 0 Å². The van der Waals surface area contributed by atoms with Gasteiger partial charge in [0.05, 0.1) is 19.6 Å². The summed E-state index contributed by atoms with van der Waals surface area (Å²) in [6.07, 6.45) is 0.0518. The molecule has 0 unspecified atom stereocenters. The molecule has 1 aromatic carbocycles. The van der Waals surface area contributed by atoms with Gasteiger partial charge in [-0.3, -0.25) is 14.9 Å². The van der Waals surface area contributed by atoms with Crippen LogP contribution in [0.25, 0.3) is 0 Å². The number of hydrogen-bond donors (Lipinski definition) is 2. The van der Waals surface area contributed by atoms with Crippen LogP contribution in [-0.2, 0) is 14.3 Å². The summed E-state index contributed by atoms with van der Waals surface area (Å²) in [7, 11) is 0. The Hall–Kier alpha value is -1.93. The highest BCUT2D eigenvalue weighted by molar-refractivity contribution is 9.10. The maximum Gasteiger partial charge on any atom is 0.249 e. The zero-order chi connectivity index (χ0) is 16.2. The lowest BCUT2D eigenvalue weighted by Crippen LogP contribution is -2.53. The number of nitrogens with one attached hydrogen (secondary N) is 2. The van der Waals surface area contributed by atoms with Gasteiger partial charge in [0.2, 0.25) is 17.8 Å². The van der Waals surface area contributed by atoms with Crippen LogP contribution in [0, 0.1) is 0 Å². The van der Waals surface area contributed by atoms with Gasteiger partial charge in [-0.15, -0.1) is 0 Å². The molecule has 23 heavy (non-hydrogen) atoms. The lowest BCUT2D eigenvalue weighted by molar-refractivity contribution is -0.125. The van der Waals surface area contributed by atoms with Gasteiger partial charge < -0.3 is 15.0 Å². The third-order valence-corrected chi connectivity index (χ3v) is 4.16. The maximum absolute atomic E-state index is 12.4. The van der Waals surface area contributed by atoms with Crippen molar-refractivity contribution in [2.75, 3.05) is 31.6 Å². The summed E-state index contributed by atoms with van der Waals surface area (Å²) in [6, 6.07) is 6.54. The van der Waals surface area contributed by atoms with Crippen LogP contribution in [0.4, 0.5) is 5.69 Å². The molecule has 0 bridgehead atoms. The largest absolute Gasteiger partial charge is 0.378 e. The number of carbonyl (C=O) groups is 2. The molecule has 1 saturated heterocycles. The summed E-state index contributed by atoms with van der Waals surface area (Å²) in [5.74, 6) is -0.0223. The smallest absolute Gasteiger partial charge is 0.249 e. The third-order valence-electron chi connectivity index (χ3n) is 3.63. The number of ether oxygens (including phenoxy) is 1. The van der Waals surface area contributed by atoms with Gasteiger partial charge in [0.25, 0.3) is 0 Å². The molecule has 1 fully saturated rings. The fraction of sp³-hybridized carbons (Fsp3) is 0.400. The second-order valence-corrected chi connectivity index (χ2v) is 6.23. The Labute approximate surface area is 142 Å². The summed E-state index contributed by atoms with van der Waals surface area (Å²) in [5, 5.41) is 5.53. The van der Waals surface area contributed by atoms with Crippen LogP contribution in [0.15, 0.2) is 33.7 Å². The molecule has 1 atom stereocenters. The second kappa shape index (κ2) is 7.10. The second-order valence-electron chi connectivity index (χ2n) is 5.32. The van der Waals surface area contributed by atoms with Gasteiger partial charge in [0.15, 0.2) is 0 Å². The van der Waals surface area contributed by atoms with Crippen molar-refractivity contribution < 1.29 is 14.3 Å². The SMILES string of the molecule is O=C1C[C@H](C(=O)Nc2ccc(Br)cc2)N=C(N2CCOCC2)N1. The third kappa shape index (κ3) is 4.08. The molecule has 0 saturated carbocycles. The van der Waals surface area contributed by atoms with Crippen molar-refractivity contribution in [1.82, 2.24) is 10.2 Å². The highest BCUT2D eigenvalue weighted by Gasteiger charge is 2.29. The van der Waals surface area contributed by atoms with Crippen molar-refractivity contribution in [3.05, 3.63) is 28.7 Å². The molecule has 2 aliphatic heterocycles. The molecule has 2 aliphatic rings. The summed E-state index contributed by atoms with van der Waals surface area (Å²) in [5.41, 5.74) is 0.673. The van der Waals surface area contributed by atoms with E-state index in [4.69, 9.17) is 4.74 Å². The molecule has 3 rings (SSSR count). The van der Waals surface area contributed by atoms with E-state index >= 15 is 0 Å². The van der Waals surface area contributed by atoms with Gasteiger partial charge in [-0.05, 0) is 24.3 Å². The van der Waals surface area contributed by atoms with Gasteiger partial charge in [-0.25, -0.2) is 4.99 Å². The van der Waals surface area contributed by atoms with Crippen LogP contribution in [0.1, 0.15) is 6.42 Å². The normalized spacial score (nSPS) is 21.4. The minimum Gasteiger partial charge on any atom is -0.378 e. The molecule has 0 aromatic heterocycles. The molecule has 0 aliphatic carbocycles. The minimum absolute atomic E-state index is 0.0518. The quantitative estimate of drug-likeness (QED) is 0.800. The zero-order valence-electron chi connectivity index (χ0n) is 12.4. The molecule has 1 aromatic rings. The fourth-order valence-corrected chi connectivity index (χ4v) is 2.69. The number of nitrogens with zero attached hydrogens (tertiary/aromatic N) is 2. The van der Waals surface area contributed by atoms with E-state index < -0.39 is 6.04 Å². The van der Waals surface area contributed by atoms with Crippen molar-refractivity contribution in [2.24, 2.45) is 4.99 Å². The van der Waals surface area contributed by atoms with Crippen molar-refractivity contribution in [3.63, 3.8) is 0 Å². The number of morpholine rings is 1. The van der Waals surface area contributed by atoms with E-state index in [2.05, 4.69) is 31.6 Å². The first kappa shape index (κ1) is 15.9. The highest BCUT2D eigenvalue weighted by Crippen LogP contribution is 2.16. The monoisotopic (exact) mass is 380 g/mol. The van der Waals surface area contributed by atoms with Crippen molar-refractivity contribution in [3.8, 4) is 0 Å². The van der Waals surface area contributed by atoms with Crippen molar-refractivity contribution >= 4 is 39.4 Å². The number of amides is 2. The molecule has 2 amide bonds. The number of carbonyl (C=O) groups excluding carboxylic acids is 2. The van der Waals surface area contributed by atoms with Crippen molar-refractivity contribution in [2.45, 2.75) is 12.5 Å². The minimum atomic E-state index is -0.717. The summed E-state index contributed by atoms with van der Waals surface area (Å²) >= 11 is 3.34. The Morgan fingerprint density at radius 3 is 2.70 bits per heavy atom. The number of rotatable bonds is 2. The van der Waals surface area contributed by atoms with Crippen LogP contribution < -0.4 is 10.6 Å². The topological polar surface area (TPSA) is 83.0 Å². The van der Waals surface area contributed by atoms with Gasteiger partial charge in [-0.2, -0.15) is 0 Å². The summed E-state index contributed by atoms with van der Waals surface area (Å²) in [4.78, 5) is 30.6. The van der Waals surface area contributed by atoms with Crippen LogP contribution in [0.2, 0.25) is 0 Å². The van der Waals surface area contributed by atoms with Crippen LogP contribution in [0.3, 0.4) is 0 Å². The summed E-state index contributed by atoms with van der Waals surface area (Å²) < 4.78 is 6.22. The Morgan fingerprint density at radius 2 is 2.00 bits per heavy atom. The predicted molar refractivity (Wildman–Crippen MR) is 89.1 cm³/mol. The van der Waals surface area contributed by atoms with Gasteiger partial charge in [-0.1, -0.05) is 15.9 Å². The summed E-state index contributed by atoms with van der Waals surface area (Å²) in [6.45, 7) is 2.48. The lowest BCUT2D eigenvalue weighted by Gasteiger charge is -2.32. The number of hydrogen-bond acceptors (Lipinski definition) is 5. The first-order valence-corrected chi connectivity index (χ1v) is 8.18. The van der Waals surface area contributed by atoms with E-state index in [1.807, 2.05) is 17.0 Å². The Bertz CT molecular complexity index is 626. The Morgan fingerprint density at radius 1 is 1.30 bits per heavy atom. The van der Waals surface area contributed by atoms with Crippen molar-refractivity contribution in [1.29, 1.82) is 0 Å². The van der Waals surface area contributed by atoms with E-state index in [1.165, 1.54) is 0 Å². The molecule has 0 radical (unpaired) electrons. The molecular weight excluding hydrogens is 364 g/mol. The molecule has 8 heteroatoms. The molecule has 2 N–H and O–H groups in total. The fourth-order valence-electron chi connectivity index (χ4n) is 2.42. The predicted octanol–water partition coefficient (Wildman–Crippen LogP) is 0.964.